The zero-order valence-corrected chi connectivity index (χ0v) is 10.9. The van der Waals surface area contributed by atoms with Crippen LogP contribution in [0, 0.1) is 0 Å². The molecule has 1 fully saturated rings. The molecule has 1 aliphatic rings. The van der Waals surface area contributed by atoms with Gasteiger partial charge in [0.05, 0.1) is 0 Å². The van der Waals surface area contributed by atoms with Crippen LogP contribution in [0.3, 0.4) is 0 Å². The van der Waals surface area contributed by atoms with Crippen molar-refractivity contribution in [3.63, 3.8) is 0 Å². The van der Waals surface area contributed by atoms with Crippen molar-refractivity contribution >= 4 is 17.8 Å². The Balaban J connectivity index is 2.04. The first-order valence-electron chi connectivity index (χ1n) is 6.68. The van der Waals surface area contributed by atoms with E-state index in [1.165, 1.54) is 19.3 Å². The van der Waals surface area contributed by atoms with Crippen LogP contribution in [-0.4, -0.2) is 39.3 Å². The van der Waals surface area contributed by atoms with Gasteiger partial charge in [0.15, 0.2) is 0 Å². The average Bonchev–Trinajstić information content (AvgIpc) is 2.46. The fourth-order valence-electron chi connectivity index (χ4n) is 2.18. The molecule has 0 amide bonds. The van der Waals surface area contributed by atoms with Crippen LogP contribution >= 0.6 is 0 Å². The van der Waals surface area contributed by atoms with Gasteiger partial charge in [0, 0.05) is 19.1 Å². The van der Waals surface area contributed by atoms with Crippen LogP contribution in [0.15, 0.2) is 0 Å². The van der Waals surface area contributed by atoms with Crippen molar-refractivity contribution in [3.8, 4) is 0 Å². The molecule has 0 aliphatic heterocycles. The summed E-state index contributed by atoms with van der Waals surface area (Å²) in [5, 5.41) is 15.2. The highest BCUT2D eigenvalue weighted by molar-refractivity contribution is 5.41. The standard InChI is InChI=1S/C11H21N7O/c12-6-7-13-9-15-10(17-11(16-9)18-19)14-8-4-2-1-3-5-8/h8,19H,1-7,12H2,(H3,13,14,15,16,17,18). The summed E-state index contributed by atoms with van der Waals surface area (Å²) < 4.78 is 0. The minimum atomic E-state index is 0.118. The van der Waals surface area contributed by atoms with Gasteiger partial charge < -0.3 is 16.4 Å². The summed E-state index contributed by atoms with van der Waals surface area (Å²) >= 11 is 0. The van der Waals surface area contributed by atoms with Crippen molar-refractivity contribution in [2.75, 3.05) is 29.2 Å². The maximum absolute atomic E-state index is 8.93. The minimum absolute atomic E-state index is 0.118. The van der Waals surface area contributed by atoms with Gasteiger partial charge in [0.2, 0.25) is 11.9 Å². The van der Waals surface area contributed by atoms with Gasteiger partial charge in [0.25, 0.3) is 5.95 Å². The van der Waals surface area contributed by atoms with Gasteiger partial charge in [-0.25, -0.2) is 5.48 Å². The van der Waals surface area contributed by atoms with Gasteiger partial charge in [-0.05, 0) is 12.8 Å². The molecule has 1 heterocycles. The number of hydrogen-bond donors (Lipinski definition) is 5. The Morgan fingerprint density at radius 1 is 1.05 bits per heavy atom. The van der Waals surface area contributed by atoms with Crippen molar-refractivity contribution in [3.05, 3.63) is 0 Å². The highest BCUT2D eigenvalue weighted by atomic mass is 16.5. The molecule has 106 valence electrons. The number of anilines is 3. The number of nitrogens with one attached hydrogen (secondary N) is 3. The summed E-state index contributed by atoms with van der Waals surface area (Å²) in [5.74, 6) is 0.987. The molecule has 0 saturated heterocycles. The van der Waals surface area contributed by atoms with E-state index in [1.54, 1.807) is 0 Å². The number of nitrogens with zero attached hydrogens (tertiary/aromatic N) is 3. The Labute approximate surface area is 112 Å². The number of aromatic nitrogens is 3. The van der Waals surface area contributed by atoms with Crippen LogP contribution < -0.4 is 21.8 Å². The third-order valence-electron chi connectivity index (χ3n) is 3.10. The predicted octanol–water partition coefficient (Wildman–Crippen LogP) is 0.788. The lowest BCUT2D eigenvalue weighted by Gasteiger charge is -2.22. The molecule has 1 aliphatic carbocycles. The number of rotatable bonds is 6. The fraction of sp³-hybridized carbons (Fsp3) is 0.727. The highest BCUT2D eigenvalue weighted by Crippen LogP contribution is 2.20. The maximum Gasteiger partial charge on any atom is 0.253 e. The molecule has 8 heteroatoms. The van der Waals surface area contributed by atoms with E-state index >= 15 is 0 Å². The summed E-state index contributed by atoms with van der Waals surface area (Å²) in [6.45, 7) is 1.05. The molecule has 0 spiro atoms. The predicted molar refractivity (Wildman–Crippen MR) is 73.3 cm³/mol. The number of hydrogen-bond acceptors (Lipinski definition) is 8. The van der Waals surface area contributed by atoms with Crippen LogP contribution in [0.5, 0.6) is 0 Å². The molecule has 19 heavy (non-hydrogen) atoms. The third-order valence-corrected chi connectivity index (χ3v) is 3.10. The van der Waals surface area contributed by atoms with Crippen LogP contribution in [0.2, 0.25) is 0 Å². The number of nitrogens with two attached hydrogens (primary N) is 1. The SMILES string of the molecule is NCCNc1nc(NO)nc(NC2CCCCC2)n1. The summed E-state index contributed by atoms with van der Waals surface area (Å²) in [7, 11) is 0. The van der Waals surface area contributed by atoms with E-state index < -0.39 is 0 Å². The Morgan fingerprint density at radius 3 is 2.42 bits per heavy atom. The van der Waals surface area contributed by atoms with E-state index in [-0.39, 0.29) is 5.95 Å². The normalized spacial score (nSPS) is 16.1. The summed E-state index contributed by atoms with van der Waals surface area (Å²) in [4.78, 5) is 12.3. The smallest absolute Gasteiger partial charge is 0.253 e. The molecule has 0 atom stereocenters. The van der Waals surface area contributed by atoms with E-state index in [0.29, 0.717) is 31.0 Å². The lowest BCUT2D eigenvalue weighted by Crippen LogP contribution is -2.24. The second kappa shape index (κ2) is 7.05. The van der Waals surface area contributed by atoms with Crippen molar-refractivity contribution in [1.82, 2.24) is 15.0 Å². The van der Waals surface area contributed by atoms with Crippen LogP contribution in [-0.2, 0) is 0 Å². The topological polar surface area (TPSA) is 121 Å². The van der Waals surface area contributed by atoms with Crippen molar-refractivity contribution in [1.29, 1.82) is 0 Å². The first-order chi connectivity index (χ1) is 9.31. The molecule has 1 aromatic heterocycles. The van der Waals surface area contributed by atoms with Gasteiger partial charge >= 0.3 is 0 Å². The Bertz CT molecular complexity index is 395. The minimum Gasteiger partial charge on any atom is -0.353 e. The summed E-state index contributed by atoms with van der Waals surface area (Å²) in [6, 6.07) is 0.394. The molecule has 1 aromatic rings. The fourth-order valence-corrected chi connectivity index (χ4v) is 2.18. The molecule has 0 bridgehead atoms. The monoisotopic (exact) mass is 267 g/mol. The first-order valence-corrected chi connectivity index (χ1v) is 6.68. The second-order valence-corrected chi connectivity index (χ2v) is 4.61. The van der Waals surface area contributed by atoms with Crippen LogP contribution in [0.4, 0.5) is 17.8 Å². The first kappa shape index (κ1) is 13.8. The van der Waals surface area contributed by atoms with Crippen LogP contribution in [0.25, 0.3) is 0 Å². The molecule has 2 rings (SSSR count). The van der Waals surface area contributed by atoms with Gasteiger partial charge in [0.1, 0.15) is 0 Å². The second-order valence-electron chi connectivity index (χ2n) is 4.61. The molecular weight excluding hydrogens is 246 g/mol. The highest BCUT2D eigenvalue weighted by Gasteiger charge is 2.15. The summed E-state index contributed by atoms with van der Waals surface area (Å²) in [5.41, 5.74) is 7.37. The van der Waals surface area contributed by atoms with E-state index in [2.05, 4.69) is 25.6 Å². The largest absolute Gasteiger partial charge is 0.353 e. The zero-order chi connectivity index (χ0) is 13.5. The molecule has 8 nitrogen and oxygen atoms in total. The molecule has 1 saturated carbocycles. The van der Waals surface area contributed by atoms with Crippen molar-refractivity contribution < 1.29 is 5.21 Å². The Morgan fingerprint density at radius 2 is 1.74 bits per heavy atom. The molecule has 0 radical (unpaired) electrons. The summed E-state index contributed by atoms with van der Waals surface area (Å²) in [6.07, 6.45) is 6.00. The van der Waals surface area contributed by atoms with E-state index in [0.717, 1.165) is 12.8 Å². The lowest BCUT2D eigenvalue weighted by molar-refractivity contribution is 0.382. The molecule has 0 aromatic carbocycles. The Hall–Kier alpha value is -1.67. The molecular formula is C11H21N7O. The maximum atomic E-state index is 8.93. The van der Waals surface area contributed by atoms with Gasteiger partial charge in [-0.3, -0.25) is 5.21 Å². The van der Waals surface area contributed by atoms with Crippen molar-refractivity contribution in [2.45, 2.75) is 38.1 Å². The van der Waals surface area contributed by atoms with E-state index in [4.69, 9.17) is 10.9 Å². The lowest BCUT2D eigenvalue weighted by atomic mass is 9.96. The zero-order valence-electron chi connectivity index (χ0n) is 10.9. The third kappa shape index (κ3) is 4.18. The van der Waals surface area contributed by atoms with E-state index in [9.17, 15) is 0 Å². The van der Waals surface area contributed by atoms with Gasteiger partial charge in [-0.2, -0.15) is 15.0 Å². The Kier molecular flexibility index (Phi) is 5.10. The van der Waals surface area contributed by atoms with Gasteiger partial charge in [-0.1, -0.05) is 19.3 Å². The molecule has 0 unspecified atom stereocenters. The van der Waals surface area contributed by atoms with Gasteiger partial charge in [-0.15, -0.1) is 0 Å². The quantitative estimate of drug-likeness (QED) is 0.480. The molecule has 6 N–H and O–H groups in total. The average molecular weight is 267 g/mol. The van der Waals surface area contributed by atoms with Crippen molar-refractivity contribution in [2.24, 2.45) is 5.73 Å². The van der Waals surface area contributed by atoms with E-state index in [1.807, 2.05) is 5.48 Å². The van der Waals surface area contributed by atoms with Crippen LogP contribution in [0.1, 0.15) is 32.1 Å².